The van der Waals surface area contributed by atoms with Crippen LogP contribution in [0.25, 0.3) is 9.75 Å². The Bertz CT molecular complexity index is 429. The lowest BCUT2D eigenvalue weighted by Gasteiger charge is -1.96. The Balaban J connectivity index is 1.69. The van der Waals surface area contributed by atoms with Crippen LogP contribution in [0.5, 0.6) is 0 Å². The van der Waals surface area contributed by atoms with Crippen molar-refractivity contribution < 1.29 is 0 Å². The van der Waals surface area contributed by atoms with Gasteiger partial charge in [-0.2, -0.15) is 0 Å². The molecule has 1 aliphatic rings. The third-order valence-corrected chi connectivity index (χ3v) is 4.50. The van der Waals surface area contributed by atoms with Gasteiger partial charge in [0, 0.05) is 23.7 Å². The minimum Gasteiger partial charge on any atom is -0.308 e. The summed E-state index contributed by atoms with van der Waals surface area (Å²) in [6.07, 6.45) is 4.66. The maximum absolute atomic E-state index is 4.43. The maximum atomic E-state index is 4.43. The van der Waals surface area contributed by atoms with E-state index in [-0.39, 0.29) is 0 Å². The third kappa shape index (κ3) is 2.27. The van der Waals surface area contributed by atoms with E-state index >= 15 is 0 Å². The predicted octanol–water partition coefficient (Wildman–Crippen LogP) is 3.12. The number of thiazole rings is 1. The zero-order valence-corrected chi connectivity index (χ0v) is 9.90. The van der Waals surface area contributed by atoms with Crippen LogP contribution in [0, 0.1) is 0 Å². The summed E-state index contributed by atoms with van der Waals surface area (Å²) in [6.45, 7) is 0.931. The van der Waals surface area contributed by atoms with Crippen molar-refractivity contribution in [3.8, 4) is 9.75 Å². The first-order valence-corrected chi connectivity index (χ1v) is 6.83. The Morgan fingerprint density at radius 3 is 3.07 bits per heavy atom. The van der Waals surface area contributed by atoms with Gasteiger partial charge in [0.2, 0.25) is 0 Å². The van der Waals surface area contributed by atoms with Gasteiger partial charge in [0.15, 0.2) is 0 Å². The Kier molecular flexibility index (Phi) is 2.56. The van der Waals surface area contributed by atoms with E-state index in [1.807, 2.05) is 6.20 Å². The molecule has 0 saturated heterocycles. The van der Waals surface area contributed by atoms with Gasteiger partial charge in [-0.05, 0) is 24.3 Å². The minimum atomic E-state index is 0.763. The number of aromatic nitrogens is 1. The summed E-state index contributed by atoms with van der Waals surface area (Å²) in [5.74, 6) is 0. The lowest BCUT2D eigenvalue weighted by atomic mass is 10.4. The van der Waals surface area contributed by atoms with E-state index in [0.717, 1.165) is 12.6 Å². The number of nitrogens with one attached hydrogen (secondary N) is 1. The fourth-order valence-electron chi connectivity index (χ4n) is 1.44. The van der Waals surface area contributed by atoms with Gasteiger partial charge in [-0.3, -0.25) is 0 Å². The quantitative estimate of drug-likeness (QED) is 0.882. The van der Waals surface area contributed by atoms with Gasteiger partial charge in [0.05, 0.1) is 4.88 Å². The second kappa shape index (κ2) is 4.04. The smallest absolute Gasteiger partial charge is 0.107 e. The lowest BCUT2D eigenvalue weighted by molar-refractivity contribution is 0.684. The fraction of sp³-hybridized carbons (Fsp3) is 0.364. The van der Waals surface area contributed by atoms with E-state index < -0.39 is 0 Å². The zero-order valence-electron chi connectivity index (χ0n) is 8.27. The molecular formula is C11H12N2S2. The largest absolute Gasteiger partial charge is 0.308 e. The molecule has 0 radical (unpaired) electrons. The number of hydrogen-bond donors (Lipinski definition) is 1. The zero-order chi connectivity index (χ0) is 10.1. The van der Waals surface area contributed by atoms with E-state index in [4.69, 9.17) is 0 Å². The van der Waals surface area contributed by atoms with Gasteiger partial charge in [-0.15, -0.1) is 22.7 Å². The predicted molar refractivity (Wildman–Crippen MR) is 65.3 cm³/mol. The van der Waals surface area contributed by atoms with E-state index in [1.54, 1.807) is 22.7 Å². The molecule has 0 aliphatic heterocycles. The van der Waals surface area contributed by atoms with Crippen LogP contribution in [-0.2, 0) is 6.54 Å². The highest BCUT2D eigenvalue weighted by atomic mass is 32.1. The summed E-state index contributed by atoms with van der Waals surface area (Å²) in [7, 11) is 0. The molecule has 78 valence electrons. The van der Waals surface area contributed by atoms with E-state index in [0.29, 0.717) is 0 Å². The first kappa shape index (κ1) is 9.51. The number of thiophene rings is 1. The minimum absolute atomic E-state index is 0.763. The van der Waals surface area contributed by atoms with Gasteiger partial charge in [0.1, 0.15) is 5.01 Å². The molecule has 2 aromatic heterocycles. The van der Waals surface area contributed by atoms with Crippen molar-refractivity contribution in [3.05, 3.63) is 28.7 Å². The van der Waals surface area contributed by atoms with Gasteiger partial charge in [-0.25, -0.2) is 4.98 Å². The third-order valence-electron chi connectivity index (χ3n) is 2.44. The molecule has 1 aliphatic carbocycles. The second-order valence-electron chi connectivity index (χ2n) is 3.75. The summed E-state index contributed by atoms with van der Waals surface area (Å²) in [6, 6.07) is 5.00. The van der Waals surface area contributed by atoms with Gasteiger partial charge < -0.3 is 5.32 Å². The normalized spacial score (nSPS) is 15.7. The van der Waals surface area contributed by atoms with Crippen molar-refractivity contribution in [1.29, 1.82) is 0 Å². The maximum Gasteiger partial charge on any atom is 0.107 e. The Morgan fingerprint density at radius 1 is 1.40 bits per heavy atom. The van der Waals surface area contributed by atoms with Gasteiger partial charge in [-0.1, -0.05) is 6.07 Å². The standard InChI is InChI=1S/C11H12N2S2/c1-2-9(14-5-1)10-6-13-11(15-10)7-12-8-3-4-8/h1-2,5-6,8,12H,3-4,7H2. The first-order valence-electron chi connectivity index (χ1n) is 5.14. The molecule has 0 atom stereocenters. The molecule has 1 saturated carbocycles. The molecule has 3 rings (SSSR count). The van der Waals surface area contributed by atoms with Gasteiger partial charge >= 0.3 is 0 Å². The molecule has 0 amide bonds. The summed E-state index contributed by atoms with van der Waals surface area (Å²) < 4.78 is 0. The van der Waals surface area contributed by atoms with Crippen molar-refractivity contribution in [2.75, 3.05) is 0 Å². The summed E-state index contributed by atoms with van der Waals surface area (Å²) in [4.78, 5) is 7.05. The molecule has 0 unspecified atom stereocenters. The lowest BCUT2D eigenvalue weighted by Crippen LogP contribution is -2.14. The topological polar surface area (TPSA) is 24.9 Å². The molecule has 0 aromatic carbocycles. The van der Waals surface area contributed by atoms with Crippen LogP contribution < -0.4 is 5.32 Å². The molecule has 0 spiro atoms. The van der Waals surface area contributed by atoms with Crippen LogP contribution in [0.15, 0.2) is 23.7 Å². The highest BCUT2D eigenvalue weighted by molar-refractivity contribution is 7.21. The monoisotopic (exact) mass is 236 g/mol. The van der Waals surface area contributed by atoms with Crippen LogP contribution in [0.1, 0.15) is 17.8 Å². The Morgan fingerprint density at radius 2 is 2.33 bits per heavy atom. The van der Waals surface area contributed by atoms with E-state index in [9.17, 15) is 0 Å². The highest BCUT2D eigenvalue weighted by Gasteiger charge is 2.20. The van der Waals surface area contributed by atoms with Gasteiger partial charge in [0.25, 0.3) is 0 Å². The van der Waals surface area contributed by atoms with Crippen molar-refractivity contribution in [3.63, 3.8) is 0 Å². The van der Waals surface area contributed by atoms with Crippen LogP contribution >= 0.6 is 22.7 Å². The van der Waals surface area contributed by atoms with Crippen LogP contribution in [0.4, 0.5) is 0 Å². The number of hydrogen-bond acceptors (Lipinski definition) is 4. The molecular weight excluding hydrogens is 224 g/mol. The SMILES string of the molecule is c1csc(-c2cnc(CNC3CC3)s2)c1. The molecule has 0 bridgehead atoms. The van der Waals surface area contributed by atoms with Crippen LogP contribution in [0.3, 0.4) is 0 Å². The highest BCUT2D eigenvalue weighted by Crippen LogP contribution is 2.30. The molecule has 2 nitrogen and oxygen atoms in total. The van der Waals surface area contributed by atoms with Crippen molar-refractivity contribution >= 4 is 22.7 Å². The molecule has 2 heterocycles. The van der Waals surface area contributed by atoms with Crippen LogP contribution in [-0.4, -0.2) is 11.0 Å². The van der Waals surface area contributed by atoms with Crippen molar-refractivity contribution in [2.45, 2.75) is 25.4 Å². The summed E-state index contributed by atoms with van der Waals surface area (Å²) >= 11 is 3.57. The molecule has 15 heavy (non-hydrogen) atoms. The fourth-order valence-corrected chi connectivity index (χ4v) is 3.13. The van der Waals surface area contributed by atoms with E-state index in [2.05, 4.69) is 27.8 Å². The molecule has 4 heteroatoms. The second-order valence-corrected chi connectivity index (χ2v) is 5.81. The van der Waals surface area contributed by atoms with E-state index in [1.165, 1.54) is 27.6 Å². The Hall–Kier alpha value is -0.710. The molecule has 1 fully saturated rings. The van der Waals surface area contributed by atoms with Crippen LogP contribution in [0.2, 0.25) is 0 Å². The average molecular weight is 236 g/mol. The van der Waals surface area contributed by atoms with Crippen molar-refractivity contribution in [2.24, 2.45) is 0 Å². The van der Waals surface area contributed by atoms with Crippen molar-refractivity contribution in [1.82, 2.24) is 10.3 Å². The average Bonchev–Trinajstić information content (AvgIpc) is 2.78. The number of nitrogens with zero attached hydrogens (tertiary/aromatic N) is 1. The Labute approximate surface area is 97.0 Å². The first-order chi connectivity index (χ1) is 7.42. The summed E-state index contributed by atoms with van der Waals surface area (Å²) in [5, 5.41) is 6.79. The number of rotatable bonds is 4. The molecule has 1 N–H and O–H groups in total. The summed E-state index contributed by atoms with van der Waals surface area (Å²) in [5.41, 5.74) is 0. The molecule has 2 aromatic rings.